The van der Waals surface area contributed by atoms with Gasteiger partial charge in [0.2, 0.25) is 5.91 Å². The van der Waals surface area contributed by atoms with Crippen LogP contribution >= 0.6 is 0 Å². The van der Waals surface area contributed by atoms with Crippen LogP contribution in [0, 0.1) is 5.92 Å². The minimum atomic E-state index is -0.840. The van der Waals surface area contributed by atoms with Gasteiger partial charge in [-0.15, -0.1) is 0 Å². The predicted octanol–water partition coefficient (Wildman–Crippen LogP) is 5.39. The topological polar surface area (TPSA) is 105 Å². The second-order valence-electron chi connectivity index (χ2n) is 13.1. The molecule has 2 aromatic carbocycles. The lowest BCUT2D eigenvalue weighted by Crippen LogP contribution is -2.57. The molecule has 45 heavy (non-hydrogen) atoms. The number of benzene rings is 2. The molecule has 0 bridgehead atoms. The van der Waals surface area contributed by atoms with E-state index in [2.05, 4.69) is 20.2 Å². The molecular formula is C37H44N4O4. The molecule has 0 spiro atoms. The zero-order chi connectivity index (χ0) is 31.8. The largest absolute Gasteiger partial charge is 0.391 e. The molecule has 236 valence electrons. The number of para-hydroxylation sites is 1. The number of amides is 1. The number of rotatable bonds is 12. The molecule has 1 aliphatic rings. The minimum absolute atomic E-state index is 0.0829. The van der Waals surface area contributed by atoms with Crippen LogP contribution in [0.25, 0.3) is 10.9 Å². The first-order valence-electron chi connectivity index (χ1n) is 15.8. The second-order valence-corrected chi connectivity index (χ2v) is 13.1. The van der Waals surface area contributed by atoms with E-state index in [4.69, 9.17) is 4.74 Å². The number of nitrogens with zero attached hydrogens (tertiary/aromatic N) is 3. The first-order chi connectivity index (χ1) is 21.6. The van der Waals surface area contributed by atoms with Crippen LogP contribution in [0.4, 0.5) is 0 Å². The van der Waals surface area contributed by atoms with Crippen LogP contribution in [0.15, 0.2) is 91.3 Å². The summed E-state index contributed by atoms with van der Waals surface area (Å²) in [5.74, 6) is -0.551. The number of likely N-dealkylation sites (tertiary alicyclic amines) is 1. The van der Waals surface area contributed by atoms with Crippen LogP contribution in [-0.4, -0.2) is 68.5 Å². The van der Waals surface area contributed by atoms with E-state index in [0.717, 1.165) is 28.5 Å². The molecule has 4 atom stereocenters. The summed E-state index contributed by atoms with van der Waals surface area (Å²) in [6.07, 6.45) is 4.50. The van der Waals surface area contributed by atoms with Gasteiger partial charge in [0.05, 0.1) is 30.4 Å². The Morgan fingerprint density at radius 1 is 1.00 bits per heavy atom. The minimum Gasteiger partial charge on any atom is -0.391 e. The maximum absolute atomic E-state index is 13.6. The number of hydrogen-bond donors (Lipinski definition) is 2. The summed E-state index contributed by atoms with van der Waals surface area (Å²) in [4.78, 5) is 38.0. The highest BCUT2D eigenvalue weighted by atomic mass is 16.5. The Morgan fingerprint density at radius 2 is 1.76 bits per heavy atom. The number of Topliss-reactive ketones (excluding diaryl/α,β-unsaturated/α-hetero) is 1. The number of ketones is 1. The Morgan fingerprint density at radius 3 is 2.51 bits per heavy atom. The number of ether oxygens (including phenoxy) is 1. The Kier molecular flexibility index (Phi) is 10.7. The fraction of sp³-hybridized carbons (Fsp3) is 0.405. The average Bonchev–Trinajstić information content (AvgIpc) is 3.03. The van der Waals surface area contributed by atoms with Crippen molar-refractivity contribution in [2.75, 3.05) is 13.1 Å². The number of aliphatic hydroxyl groups is 1. The van der Waals surface area contributed by atoms with E-state index < -0.39 is 17.7 Å². The molecule has 8 heteroatoms. The summed E-state index contributed by atoms with van der Waals surface area (Å²) in [6.45, 7) is 7.18. The lowest BCUT2D eigenvalue weighted by atomic mass is 9.87. The lowest BCUT2D eigenvalue weighted by Gasteiger charge is -2.41. The molecule has 0 saturated carbocycles. The first kappa shape index (κ1) is 32.4. The van der Waals surface area contributed by atoms with Crippen LogP contribution in [0.3, 0.4) is 0 Å². The number of fused-ring (bicyclic) bond motifs is 1. The van der Waals surface area contributed by atoms with E-state index in [1.54, 1.807) is 18.5 Å². The first-order valence-corrected chi connectivity index (χ1v) is 15.8. The van der Waals surface area contributed by atoms with Gasteiger partial charge in [0.25, 0.3) is 0 Å². The zero-order valence-corrected chi connectivity index (χ0v) is 26.4. The van der Waals surface area contributed by atoms with Crippen LogP contribution in [-0.2, 0) is 22.6 Å². The molecule has 0 aliphatic carbocycles. The van der Waals surface area contributed by atoms with Crippen molar-refractivity contribution in [1.29, 1.82) is 0 Å². The fourth-order valence-electron chi connectivity index (χ4n) is 5.99. The number of aromatic nitrogens is 2. The van der Waals surface area contributed by atoms with Crippen molar-refractivity contribution in [3.63, 3.8) is 0 Å². The van der Waals surface area contributed by atoms with Gasteiger partial charge < -0.3 is 15.2 Å². The number of carbonyl (C=O) groups is 2. The third-order valence-electron chi connectivity index (χ3n) is 8.31. The van der Waals surface area contributed by atoms with E-state index >= 15 is 0 Å². The lowest BCUT2D eigenvalue weighted by molar-refractivity contribution is -0.133. The van der Waals surface area contributed by atoms with E-state index in [1.807, 2.05) is 93.6 Å². The monoisotopic (exact) mass is 608 g/mol. The molecule has 2 N–H and O–H groups in total. The van der Waals surface area contributed by atoms with Crippen LogP contribution in [0.5, 0.6) is 0 Å². The molecule has 3 heterocycles. The van der Waals surface area contributed by atoms with Gasteiger partial charge in [-0.25, -0.2) is 4.98 Å². The van der Waals surface area contributed by atoms with Crippen molar-refractivity contribution in [2.24, 2.45) is 5.92 Å². The van der Waals surface area contributed by atoms with Gasteiger partial charge in [0.1, 0.15) is 5.69 Å². The third-order valence-corrected chi connectivity index (χ3v) is 8.31. The molecule has 1 fully saturated rings. The SMILES string of the molecule is CC(C)(C)NC(=O)C1CC(OCc2cccnc2)CCN1CC(O)C(CC(=O)c1ccc2ccccc2n1)Cc1ccccc1. The molecule has 5 rings (SSSR count). The van der Waals surface area contributed by atoms with Gasteiger partial charge in [-0.3, -0.25) is 19.5 Å². The Hall–Kier alpha value is -3.98. The Bertz CT molecular complexity index is 1560. The van der Waals surface area contributed by atoms with E-state index in [9.17, 15) is 14.7 Å². The maximum atomic E-state index is 13.6. The smallest absolute Gasteiger partial charge is 0.237 e. The average molecular weight is 609 g/mol. The van der Waals surface area contributed by atoms with Gasteiger partial charge in [-0.2, -0.15) is 0 Å². The van der Waals surface area contributed by atoms with Gasteiger partial charge in [0, 0.05) is 42.8 Å². The van der Waals surface area contributed by atoms with Crippen LogP contribution < -0.4 is 5.32 Å². The molecule has 1 amide bonds. The van der Waals surface area contributed by atoms with Gasteiger partial charge in [0.15, 0.2) is 5.78 Å². The highest BCUT2D eigenvalue weighted by Crippen LogP contribution is 2.26. The number of carbonyl (C=O) groups excluding carboxylic acids is 2. The number of β-amino-alcohol motifs (C(OH)–C–C–N with tert-alkyl or cyclic N) is 1. The summed E-state index contributed by atoms with van der Waals surface area (Å²) >= 11 is 0. The number of hydrogen-bond acceptors (Lipinski definition) is 7. The molecular weight excluding hydrogens is 564 g/mol. The molecule has 0 radical (unpaired) electrons. The van der Waals surface area contributed by atoms with E-state index in [-0.39, 0.29) is 36.7 Å². The molecule has 4 unspecified atom stereocenters. The molecule has 1 aliphatic heterocycles. The molecule has 1 saturated heterocycles. The highest BCUT2D eigenvalue weighted by Gasteiger charge is 2.37. The number of nitrogens with one attached hydrogen (secondary N) is 1. The molecule has 4 aromatic rings. The molecule has 2 aromatic heterocycles. The summed E-state index contributed by atoms with van der Waals surface area (Å²) in [5, 5.41) is 15.9. The Labute approximate surface area is 265 Å². The number of aliphatic hydroxyl groups excluding tert-OH is 1. The van der Waals surface area contributed by atoms with Crippen LogP contribution in [0.2, 0.25) is 0 Å². The van der Waals surface area contributed by atoms with E-state index in [1.165, 1.54) is 0 Å². The normalized spacial score (nSPS) is 18.8. The fourth-order valence-corrected chi connectivity index (χ4v) is 5.99. The maximum Gasteiger partial charge on any atom is 0.237 e. The highest BCUT2D eigenvalue weighted by molar-refractivity contribution is 5.96. The van der Waals surface area contributed by atoms with Crippen molar-refractivity contribution in [3.8, 4) is 0 Å². The predicted molar refractivity (Wildman–Crippen MR) is 176 cm³/mol. The van der Waals surface area contributed by atoms with Gasteiger partial charge in [-0.1, -0.05) is 60.7 Å². The van der Waals surface area contributed by atoms with Gasteiger partial charge >= 0.3 is 0 Å². The van der Waals surface area contributed by atoms with E-state index in [0.29, 0.717) is 31.7 Å². The van der Waals surface area contributed by atoms with Crippen molar-refractivity contribution in [2.45, 2.75) is 76.9 Å². The van der Waals surface area contributed by atoms with Gasteiger partial charge in [-0.05, 0) is 75.3 Å². The van der Waals surface area contributed by atoms with Crippen LogP contribution in [0.1, 0.15) is 61.6 Å². The summed E-state index contributed by atoms with van der Waals surface area (Å²) in [7, 11) is 0. The number of piperidine rings is 1. The standard InChI is InChI=1S/C37H44N4O4/c1-37(2,3)40-36(44)33-22-30(45-25-27-12-9-18-38-23-27)17-19-41(33)24-35(43)29(20-26-10-5-4-6-11-26)21-34(42)32-16-15-28-13-7-8-14-31(28)39-32/h4-16,18,23,29-30,33,35,43H,17,19-22,24-25H2,1-3H3,(H,40,44). The molecule has 8 nitrogen and oxygen atoms in total. The quantitative estimate of drug-likeness (QED) is 0.208. The Balaban J connectivity index is 1.32. The van der Waals surface area contributed by atoms with Crippen molar-refractivity contribution < 1.29 is 19.4 Å². The summed E-state index contributed by atoms with van der Waals surface area (Å²) in [5.41, 5.74) is 2.79. The summed E-state index contributed by atoms with van der Waals surface area (Å²) in [6, 6.07) is 24.7. The number of pyridine rings is 2. The van der Waals surface area contributed by atoms with Crippen molar-refractivity contribution >= 4 is 22.6 Å². The third kappa shape index (κ3) is 9.26. The summed E-state index contributed by atoms with van der Waals surface area (Å²) < 4.78 is 6.23. The second kappa shape index (κ2) is 14.9. The van der Waals surface area contributed by atoms with Crippen molar-refractivity contribution in [3.05, 3.63) is 108 Å². The van der Waals surface area contributed by atoms with Crippen molar-refractivity contribution in [1.82, 2.24) is 20.2 Å². The zero-order valence-electron chi connectivity index (χ0n) is 26.4.